The molecule has 4 heteroatoms. The summed E-state index contributed by atoms with van der Waals surface area (Å²) >= 11 is 0. The predicted octanol–water partition coefficient (Wildman–Crippen LogP) is 2.14. The topological polar surface area (TPSA) is 43.4 Å². The molecule has 1 N–H and O–H groups in total. The number of aromatic nitrogens is 1. The molecule has 0 radical (unpaired) electrons. The van der Waals surface area contributed by atoms with Gasteiger partial charge in [-0.25, -0.2) is 0 Å². The standard InChI is InChI=1S/C14H22N2O2/c1-2-17-8-3-9-18-14-7-6-13(16-11-14)10-15-12-4-5-12/h6-7,11-12,15H,2-5,8-10H2,1H3. The minimum atomic E-state index is 0.682. The minimum Gasteiger partial charge on any atom is -0.492 e. The Morgan fingerprint density at radius 2 is 2.22 bits per heavy atom. The summed E-state index contributed by atoms with van der Waals surface area (Å²) in [5.41, 5.74) is 1.07. The van der Waals surface area contributed by atoms with E-state index in [1.165, 1.54) is 12.8 Å². The average molecular weight is 250 g/mol. The maximum atomic E-state index is 5.58. The second-order valence-corrected chi connectivity index (χ2v) is 4.54. The summed E-state index contributed by atoms with van der Waals surface area (Å²) in [6, 6.07) is 4.73. The highest BCUT2D eigenvalue weighted by Gasteiger charge is 2.19. The highest BCUT2D eigenvalue weighted by atomic mass is 16.5. The van der Waals surface area contributed by atoms with E-state index in [1.807, 2.05) is 19.1 Å². The van der Waals surface area contributed by atoms with Gasteiger partial charge in [0.15, 0.2) is 0 Å². The van der Waals surface area contributed by atoms with Crippen LogP contribution in [-0.4, -0.2) is 30.8 Å². The number of hydrogen-bond donors (Lipinski definition) is 1. The Kier molecular flexibility index (Phi) is 5.42. The SMILES string of the molecule is CCOCCCOc1ccc(CNC2CC2)nc1. The van der Waals surface area contributed by atoms with E-state index < -0.39 is 0 Å². The van der Waals surface area contributed by atoms with Gasteiger partial charge in [-0.3, -0.25) is 4.98 Å². The van der Waals surface area contributed by atoms with E-state index in [0.29, 0.717) is 6.61 Å². The van der Waals surface area contributed by atoms with Crippen LogP contribution in [0.3, 0.4) is 0 Å². The van der Waals surface area contributed by atoms with Crippen molar-refractivity contribution in [1.82, 2.24) is 10.3 Å². The molecule has 1 aliphatic carbocycles. The maximum Gasteiger partial charge on any atom is 0.137 e. The molecule has 0 aromatic carbocycles. The van der Waals surface area contributed by atoms with E-state index >= 15 is 0 Å². The number of pyridine rings is 1. The van der Waals surface area contributed by atoms with Gasteiger partial charge in [0.25, 0.3) is 0 Å². The fourth-order valence-corrected chi connectivity index (χ4v) is 1.63. The molecule has 1 aromatic rings. The third kappa shape index (κ3) is 5.02. The van der Waals surface area contributed by atoms with Crippen molar-refractivity contribution < 1.29 is 9.47 Å². The lowest BCUT2D eigenvalue weighted by molar-refractivity contribution is 0.131. The molecule has 0 unspecified atom stereocenters. The molecule has 0 bridgehead atoms. The molecule has 100 valence electrons. The third-order valence-corrected chi connectivity index (χ3v) is 2.85. The summed E-state index contributed by atoms with van der Waals surface area (Å²) in [4.78, 5) is 4.37. The van der Waals surface area contributed by atoms with Gasteiger partial charge in [0, 0.05) is 32.2 Å². The van der Waals surface area contributed by atoms with Crippen LogP contribution >= 0.6 is 0 Å². The van der Waals surface area contributed by atoms with E-state index in [1.54, 1.807) is 6.20 Å². The molecule has 0 saturated heterocycles. The van der Waals surface area contributed by atoms with Gasteiger partial charge in [-0.15, -0.1) is 0 Å². The van der Waals surface area contributed by atoms with Gasteiger partial charge >= 0.3 is 0 Å². The van der Waals surface area contributed by atoms with Crippen LogP contribution in [0.5, 0.6) is 5.75 Å². The maximum absolute atomic E-state index is 5.58. The first-order chi connectivity index (χ1) is 8.88. The van der Waals surface area contributed by atoms with Gasteiger partial charge in [-0.1, -0.05) is 0 Å². The smallest absolute Gasteiger partial charge is 0.137 e. The second kappa shape index (κ2) is 7.34. The Hall–Kier alpha value is -1.13. The molecule has 4 nitrogen and oxygen atoms in total. The van der Waals surface area contributed by atoms with Crippen LogP contribution in [0.15, 0.2) is 18.3 Å². The van der Waals surface area contributed by atoms with E-state index in [-0.39, 0.29) is 0 Å². The van der Waals surface area contributed by atoms with Crippen LogP contribution in [0.1, 0.15) is 31.9 Å². The number of ether oxygens (including phenoxy) is 2. The molecule has 1 aromatic heterocycles. The average Bonchev–Trinajstić information content (AvgIpc) is 3.22. The quantitative estimate of drug-likeness (QED) is 0.682. The van der Waals surface area contributed by atoms with Crippen LogP contribution in [0.25, 0.3) is 0 Å². The lowest BCUT2D eigenvalue weighted by Crippen LogP contribution is -2.16. The third-order valence-electron chi connectivity index (χ3n) is 2.85. The minimum absolute atomic E-state index is 0.682. The first-order valence-corrected chi connectivity index (χ1v) is 6.77. The Balaban J connectivity index is 1.63. The van der Waals surface area contributed by atoms with Gasteiger partial charge in [-0.05, 0) is 31.9 Å². The molecular weight excluding hydrogens is 228 g/mol. The van der Waals surface area contributed by atoms with E-state index in [0.717, 1.165) is 43.7 Å². The van der Waals surface area contributed by atoms with Crippen LogP contribution in [0.4, 0.5) is 0 Å². The Morgan fingerprint density at radius 3 is 2.89 bits per heavy atom. The summed E-state index contributed by atoms with van der Waals surface area (Å²) in [5, 5.41) is 3.44. The van der Waals surface area contributed by atoms with Gasteiger partial charge in [0.2, 0.25) is 0 Å². The number of hydrogen-bond acceptors (Lipinski definition) is 4. The van der Waals surface area contributed by atoms with Crippen molar-refractivity contribution in [3.63, 3.8) is 0 Å². The summed E-state index contributed by atoms with van der Waals surface area (Å²) in [6.07, 6.45) is 5.32. The number of rotatable bonds is 9. The monoisotopic (exact) mass is 250 g/mol. The highest BCUT2D eigenvalue weighted by molar-refractivity contribution is 5.19. The molecule has 0 atom stereocenters. The van der Waals surface area contributed by atoms with Crippen molar-refractivity contribution in [1.29, 1.82) is 0 Å². The molecule has 0 aliphatic heterocycles. The van der Waals surface area contributed by atoms with Crippen LogP contribution < -0.4 is 10.1 Å². The summed E-state index contributed by atoms with van der Waals surface area (Å²) in [7, 11) is 0. The fourth-order valence-electron chi connectivity index (χ4n) is 1.63. The fraction of sp³-hybridized carbons (Fsp3) is 0.643. The lowest BCUT2D eigenvalue weighted by atomic mass is 10.3. The Morgan fingerprint density at radius 1 is 1.33 bits per heavy atom. The zero-order valence-corrected chi connectivity index (χ0v) is 11.0. The zero-order chi connectivity index (χ0) is 12.6. The van der Waals surface area contributed by atoms with Crippen molar-refractivity contribution in [3.8, 4) is 5.75 Å². The van der Waals surface area contributed by atoms with Crippen molar-refractivity contribution in [2.75, 3.05) is 19.8 Å². The summed E-state index contributed by atoms with van der Waals surface area (Å²) < 4.78 is 10.8. The van der Waals surface area contributed by atoms with Gasteiger partial charge in [0.1, 0.15) is 5.75 Å². The molecule has 1 aliphatic rings. The van der Waals surface area contributed by atoms with Crippen LogP contribution in [0, 0.1) is 0 Å². The van der Waals surface area contributed by atoms with Gasteiger partial charge < -0.3 is 14.8 Å². The van der Waals surface area contributed by atoms with Gasteiger partial charge in [-0.2, -0.15) is 0 Å². The molecule has 0 amide bonds. The molecule has 1 saturated carbocycles. The van der Waals surface area contributed by atoms with Crippen molar-refractivity contribution in [2.45, 2.75) is 38.8 Å². The largest absolute Gasteiger partial charge is 0.492 e. The van der Waals surface area contributed by atoms with Crippen molar-refractivity contribution >= 4 is 0 Å². The zero-order valence-electron chi connectivity index (χ0n) is 11.0. The number of nitrogens with zero attached hydrogens (tertiary/aromatic N) is 1. The Labute approximate surface area is 109 Å². The van der Waals surface area contributed by atoms with E-state index in [2.05, 4.69) is 10.3 Å². The normalized spacial score (nSPS) is 14.7. The summed E-state index contributed by atoms with van der Waals surface area (Å²) in [5.74, 6) is 0.835. The first-order valence-electron chi connectivity index (χ1n) is 6.77. The van der Waals surface area contributed by atoms with Crippen LogP contribution in [0.2, 0.25) is 0 Å². The van der Waals surface area contributed by atoms with Crippen molar-refractivity contribution in [3.05, 3.63) is 24.0 Å². The lowest BCUT2D eigenvalue weighted by Gasteiger charge is -2.07. The first kappa shape index (κ1) is 13.3. The predicted molar refractivity (Wildman–Crippen MR) is 70.7 cm³/mol. The molecule has 0 spiro atoms. The number of nitrogens with one attached hydrogen (secondary N) is 1. The Bertz CT molecular complexity index is 336. The molecule has 18 heavy (non-hydrogen) atoms. The van der Waals surface area contributed by atoms with Crippen molar-refractivity contribution in [2.24, 2.45) is 0 Å². The second-order valence-electron chi connectivity index (χ2n) is 4.54. The van der Waals surface area contributed by atoms with E-state index in [9.17, 15) is 0 Å². The molecule has 1 heterocycles. The summed E-state index contributed by atoms with van der Waals surface area (Å²) in [6.45, 7) is 5.06. The van der Waals surface area contributed by atoms with Gasteiger partial charge in [0.05, 0.1) is 18.5 Å². The molecule has 2 rings (SSSR count). The highest BCUT2D eigenvalue weighted by Crippen LogP contribution is 2.19. The van der Waals surface area contributed by atoms with Crippen LogP contribution in [-0.2, 0) is 11.3 Å². The molecular formula is C14H22N2O2. The van der Waals surface area contributed by atoms with E-state index in [4.69, 9.17) is 9.47 Å². The molecule has 1 fully saturated rings.